The number of nitrogens with zero attached hydrogens (tertiary/aromatic N) is 3. The van der Waals surface area contributed by atoms with Crippen molar-refractivity contribution in [2.75, 3.05) is 13.4 Å². The normalized spacial score (nSPS) is 24.0. The van der Waals surface area contributed by atoms with Crippen LogP contribution in [0.5, 0.6) is 5.75 Å². The van der Waals surface area contributed by atoms with Gasteiger partial charge in [0.05, 0.1) is 35.9 Å². The summed E-state index contributed by atoms with van der Waals surface area (Å²) in [6, 6.07) is 12.6. The molecule has 0 saturated carbocycles. The number of ether oxygens (including phenoxy) is 1. The van der Waals surface area contributed by atoms with Gasteiger partial charge in [-0.2, -0.15) is 10.3 Å². The summed E-state index contributed by atoms with van der Waals surface area (Å²) in [5, 5.41) is 26.9. The van der Waals surface area contributed by atoms with Crippen molar-refractivity contribution in [3.05, 3.63) is 68.4 Å². The number of furan rings is 1. The molecule has 0 amide bonds. The minimum atomic E-state index is -0.552. The number of hydrazine groups is 1. The summed E-state index contributed by atoms with van der Waals surface area (Å²) in [5.74, 6) is 0.938. The molecule has 9 nitrogen and oxygen atoms in total. The van der Waals surface area contributed by atoms with E-state index in [4.69, 9.17) is 9.15 Å². The van der Waals surface area contributed by atoms with E-state index in [1.54, 1.807) is 13.2 Å². The number of benzene rings is 1. The van der Waals surface area contributed by atoms with Crippen LogP contribution in [0, 0.1) is 21.4 Å². The molecule has 2 aliphatic rings. The van der Waals surface area contributed by atoms with E-state index in [-0.39, 0.29) is 24.1 Å². The van der Waals surface area contributed by atoms with Gasteiger partial charge in [-0.05, 0) is 36.4 Å². The molecule has 1 aromatic heterocycles. The Bertz CT molecular complexity index is 997. The Morgan fingerprint density at radius 2 is 2.10 bits per heavy atom. The van der Waals surface area contributed by atoms with Crippen LogP contribution in [-0.4, -0.2) is 29.5 Å². The van der Waals surface area contributed by atoms with Crippen LogP contribution in [0.25, 0.3) is 0 Å². The van der Waals surface area contributed by atoms with Crippen molar-refractivity contribution in [3.8, 4) is 11.8 Å². The molecule has 1 fully saturated rings. The number of rotatable bonds is 5. The lowest BCUT2D eigenvalue weighted by Gasteiger charge is -2.42. The fourth-order valence-corrected chi connectivity index (χ4v) is 4.31. The predicted octanol–water partition coefficient (Wildman–Crippen LogP) is 3.22. The van der Waals surface area contributed by atoms with Gasteiger partial charge in [-0.3, -0.25) is 15.4 Å². The van der Waals surface area contributed by atoms with Crippen molar-refractivity contribution in [3.63, 3.8) is 0 Å². The summed E-state index contributed by atoms with van der Waals surface area (Å²) in [5.41, 5.74) is 4.96. The maximum absolute atomic E-state index is 11.0. The average molecular weight is 413 g/mol. The summed E-state index contributed by atoms with van der Waals surface area (Å²) < 4.78 is 10.7. The van der Waals surface area contributed by atoms with Crippen LogP contribution < -0.4 is 15.5 Å². The first kappa shape index (κ1) is 19.3. The zero-order valence-electron chi connectivity index (χ0n) is 15.8. The lowest BCUT2D eigenvalue weighted by atomic mass is 9.93. The van der Waals surface area contributed by atoms with Crippen molar-refractivity contribution >= 4 is 17.6 Å². The summed E-state index contributed by atoms with van der Waals surface area (Å²) >= 11 is 1.47. The standard InChI is InChI=1S/C19H19N5O4S/c1-27-12-5-3-11(4-6-12)15-9-14(16-7-8-17(28-16)24(25)26)21-18-13(10-20)19(29-2)22-23(15)18/h3-8,14-15,18,21-22H,9H2,1-2H3. The molecule has 10 heteroatoms. The first-order chi connectivity index (χ1) is 14.0. The Morgan fingerprint density at radius 1 is 1.34 bits per heavy atom. The molecular weight excluding hydrogens is 394 g/mol. The van der Waals surface area contributed by atoms with E-state index in [0.717, 1.165) is 16.3 Å². The van der Waals surface area contributed by atoms with Gasteiger partial charge in [0.25, 0.3) is 0 Å². The second kappa shape index (κ2) is 7.79. The van der Waals surface area contributed by atoms with Crippen molar-refractivity contribution in [1.82, 2.24) is 15.8 Å². The third-order valence-electron chi connectivity index (χ3n) is 5.14. The molecule has 3 atom stereocenters. The number of hydrogen-bond donors (Lipinski definition) is 2. The molecule has 3 unspecified atom stereocenters. The highest BCUT2D eigenvalue weighted by Crippen LogP contribution is 2.42. The lowest BCUT2D eigenvalue weighted by molar-refractivity contribution is -0.402. The third-order valence-corrected chi connectivity index (χ3v) is 5.86. The first-order valence-corrected chi connectivity index (χ1v) is 10.2. The molecule has 1 aromatic carbocycles. The number of nitrogens with one attached hydrogen (secondary N) is 2. The van der Waals surface area contributed by atoms with E-state index >= 15 is 0 Å². The molecule has 3 heterocycles. The van der Waals surface area contributed by atoms with E-state index in [1.165, 1.54) is 17.8 Å². The number of nitriles is 1. The highest BCUT2D eigenvalue weighted by molar-refractivity contribution is 8.02. The molecule has 0 bridgehead atoms. The van der Waals surface area contributed by atoms with E-state index in [9.17, 15) is 15.4 Å². The first-order valence-electron chi connectivity index (χ1n) is 8.93. The second-order valence-corrected chi connectivity index (χ2v) is 7.47. The van der Waals surface area contributed by atoms with Gasteiger partial charge in [-0.15, -0.1) is 11.8 Å². The summed E-state index contributed by atoms with van der Waals surface area (Å²) in [7, 11) is 1.62. The Hall–Kier alpha value is -3.00. The van der Waals surface area contributed by atoms with Crippen LogP contribution in [0.15, 0.2) is 51.4 Å². The molecule has 2 aliphatic heterocycles. The second-order valence-electron chi connectivity index (χ2n) is 6.66. The van der Waals surface area contributed by atoms with Gasteiger partial charge in [0.1, 0.15) is 28.7 Å². The van der Waals surface area contributed by atoms with E-state index < -0.39 is 4.92 Å². The summed E-state index contributed by atoms with van der Waals surface area (Å²) in [4.78, 5) is 10.5. The molecule has 150 valence electrons. The van der Waals surface area contributed by atoms with E-state index in [0.29, 0.717) is 17.8 Å². The van der Waals surface area contributed by atoms with Gasteiger partial charge in [0.2, 0.25) is 0 Å². The van der Waals surface area contributed by atoms with Crippen molar-refractivity contribution in [1.29, 1.82) is 5.26 Å². The van der Waals surface area contributed by atoms with E-state index in [2.05, 4.69) is 16.8 Å². The van der Waals surface area contributed by atoms with Crippen LogP contribution in [0.3, 0.4) is 0 Å². The molecule has 29 heavy (non-hydrogen) atoms. The van der Waals surface area contributed by atoms with Gasteiger partial charge in [0.15, 0.2) is 0 Å². The molecule has 0 spiro atoms. The van der Waals surface area contributed by atoms with Crippen LogP contribution in [0.1, 0.15) is 29.8 Å². The highest BCUT2D eigenvalue weighted by atomic mass is 32.2. The molecule has 2 N–H and O–H groups in total. The minimum absolute atomic E-state index is 0.0886. The maximum atomic E-state index is 11.0. The smallest absolute Gasteiger partial charge is 0.433 e. The van der Waals surface area contributed by atoms with Crippen LogP contribution in [-0.2, 0) is 0 Å². The number of hydrogen-bond acceptors (Lipinski definition) is 9. The maximum Gasteiger partial charge on any atom is 0.433 e. The monoisotopic (exact) mass is 413 g/mol. The van der Waals surface area contributed by atoms with Gasteiger partial charge in [-0.25, -0.2) is 0 Å². The van der Waals surface area contributed by atoms with Crippen molar-refractivity contribution in [2.45, 2.75) is 24.7 Å². The van der Waals surface area contributed by atoms with Crippen molar-refractivity contribution in [2.24, 2.45) is 0 Å². The molecule has 4 rings (SSSR count). The molecule has 2 aromatic rings. The van der Waals surface area contributed by atoms with Gasteiger partial charge in [-0.1, -0.05) is 12.1 Å². The summed E-state index contributed by atoms with van der Waals surface area (Å²) in [6.07, 6.45) is 2.13. The fourth-order valence-electron chi connectivity index (χ4n) is 3.74. The molecule has 0 radical (unpaired) electrons. The predicted molar refractivity (Wildman–Crippen MR) is 107 cm³/mol. The van der Waals surface area contributed by atoms with Crippen LogP contribution >= 0.6 is 11.8 Å². The Balaban J connectivity index is 1.71. The van der Waals surface area contributed by atoms with Crippen molar-refractivity contribution < 1.29 is 14.1 Å². The Morgan fingerprint density at radius 3 is 2.69 bits per heavy atom. The van der Waals surface area contributed by atoms with Gasteiger partial charge >= 0.3 is 5.88 Å². The molecule has 0 aliphatic carbocycles. The summed E-state index contributed by atoms with van der Waals surface area (Å²) in [6.45, 7) is 0. The highest BCUT2D eigenvalue weighted by Gasteiger charge is 2.44. The quantitative estimate of drug-likeness (QED) is 0.563. The zero-order chi connectivity index (χ0) is 20.5. The molecule has 1 saturated heterocycles. The van der Waals surface area contributed by atoms with Gasteiger partial charge < -0.3 is 14.6 Å². The lowest BCUT2D eigenvalue weighted by Crippen LogP contribution is -2.55. The Kier molecular flexibility index (Phi) is 5.19. The third kappa shape index (κ3) is 3.44. The topological polar surface area (TPSA) is 117 Å². The van der Waals surface area contributed by atoms with Crippen LogP contribution in [0.2, 0.25) is 0 Å². The zero-order valence-corrected chi connectivity index (χ0v) is 16.6. The number of nitro groups is 1. The molecular formula is C19H19N5O4S. The SMILES string of the molecule is COc1ccc(C2CC(c3ccc([N+](=O)[O-])o3)NC3C(C#N)=C(SC)NN32)cc1. The number of thioether (sulfide) groups is 1. The largest absolute Gasteiger partial charge is 0.497 e. The fraction of sp³-hybridized carbons (Fsp3) is 0.316. The van der Waals surface area contributed by atoms with Crippen LogP contribution in [0.4, 0.5) is 5.88 Å². The number of fused-ring (bicyclic) bond motifs is 1. The van der Waals surface area contributed by atoms with Gasteiger partial charge in [0, 0.05) is 0 Å². The number of methoxy groups -OCH3 is 1. The Labute approximate surface area is 171 Å². The average Bonchev–Trinajstić information content (AvgIpc) is 3.37. The van der Waals surface area contributed by atoms with E-state index in [1.807, 2.05) is 35.5 Å². The minimum Gasteiger partial charge on any atom is -0.497 e.